The Morgan fingerprint density at radius 3 is 2.80 bits per heavy atom. The van der Waals surface area contributed by atoms with E-state index in [1.165, 1.54) is 0 Å². The number of nitriles is 1. The molecule has 0 amide bonds. The molecule has 0 saturated carbocycles. The Morgan fingerprint density at radius 2 is 2.05 bits per heavy atom. The third-order valence-electron chi connectivity index (χ3n) is 3.13. The van der Waals surface area contributed by atoms with Crippen LogP contribution in [0, 0.1) is 18.3 Å². The minimum Gasteiger partial charge on any atom is -0.365 e. The number of aryl methyl sites for hydroxylation is 1. The average Bonchev–Trinajstić information content (AvgIpc) is 2.93. The van der Waals surface area contributed by atoms with E-state index >= 15 is 0 Å². The van der Waals surface area contributed by atoms with Crippen molar-refractivity contribution in [3.05, 3.63) is 59.4 Å². The van der Waals surface area contributed by atoms with Crippen LogP contribution in [0.1, 0.15) is 16.8 Å². The molecule has 0 aliphatic rings. The number of rotatable bonds is 3. The van der Waals surface area contributed by atoms with Crippen LogP contribution in [0.5, 0.6) is 0 Å². The van der Waals surface area contributed by atoms with Crippen LogP contribution in [0.3, 0.4) is 0 Å². The standard InChI is InChI=1S/C15H13N5/c1-11-13(9-16)15(20-14(19-11)7-8-18-20)17-10-12-5-3-2-4-6-12/h2-8,17H,10H2,1H3. The van der Waals surface area contributed by atoms with Gasteiger partial charge in [-0.15, -0.1) is 0 Å². The van der Waals surface area contributed by atoms with Crippen molar-refractivity contribution in [3.63, 3.8) is 0 Å². The molecule has 5 heteroatoms. The zero-order chi connectivity index (χ0) is 13.9. The van der Waals surface area contributed by atoms with E-state index in [4.69, 9.17) is 0 Å². The Bertz CT molecular complexity index is 783. The summed E-state index contributed by atoms with van der Waals surface area (Å²) in [5.41, 5.74) is 3.11. The topological polar surface area (TPSA) is 66.0 Å². The highest BCUT2D eigenvalue weighted by molar-refractivity contribution is 5.60. The third kappa shape index (κ3) is 2.08. The van der Waals surface area contributed by atoms with Crippen molar-refractivity contribution in [2.24, 2.45) is 0 Å². The van der Waals surface area contributed by atoms with E-state index in [2.05, 4.69) is 21.5 Å². The summed E-state index contributed by atoms with van der Waals surface area (Å²) in [6, 6.07) is 14.0. The molecule has 1 aromatic carbocycles. The fourth-order valence-corrected chi connectivity index (χ4v) is 2.14. The van der Waals surface area contributed by atoms with Crippen molar-refractivity contribution in [1.82, 2.24) is 14.6 Å². The Kier molecular flexibility index (Phi) is 3.05. The Hall–Kier alpha value is -2.87. The molecule has 3 rings (SSSR count). The highest BCUT2D eigenvalue weighted by atomic mass is 15.3. The first-order chi connectivity index (χ1) is 9.79. The summed E-state index contributed by atoms with van der Waals surface area (Å²) in [5.74, 6) is 0.684. The molecule has 0 aliphatic heterocycles. The van der Waals surface area contributed by atoms with Crippen LogP contribution in [0.15, 0.2) is 42.6 Å². The molecule has 1 N–H and O–H groups in total. The maximum absolute atomic E-state index is 9.32. The largest absolute Gasteiger partial charge is 0.365 e. The van der Waals surface area contributed by atoms with Gasteiger partial charge in [-0.05, 0) is 12.5 Å². The lowest BCUT2D eigenvalue weighted by Gasteiger charge is -2.11. The fourth-order valence-electron chi connectivity index (χ4n) is 2.14. The highest BCUT2D eigenvalue weighted by Gasteiger charge is 2.12. The van der Waals surface area contributed by atoms with Gasteiger partial charge in [0.2, 0.25) is 0 Å². The average molecular weight is 263 g/mol. The maximum atomic E-state index is 9.32. The molecule has 0 atom stereocenters. The van der Waals surface area contributed by atoms with Crippen LogP contribution < -0.4 is 5.32 Å². The number of nitrogens with zero attached hydrogens (tertiary/aromatic N) is 4. The number of aromatic nitrogens is 3. The molecule has 3 aromatic rings. The van der Waals surface area contributed by atoms with E-state index in [1.807, 2.05) is 43.3 Å². The first-order valence-electron chi connectivity index (χ1n) is 6.32. The van der Waals surface area contributed by atoms with Crippen molar-refractivity contribution in [2.45, 2.75) is 13.5 Å². The van der Waals surface area contributed by atoms with Gasteiger partial charge < -0.3 is 5.32 Å². The van der Waals surface area contributed by atoms with Crippen LogP contribution in [-0.2, 0) is 6.54 Å². The monoisotopic (exact) mass is 263 g/mol. The van der Waals surface area contributed by atoms with Crippen LogP contribution in [-0.4, -0.2) is 14.6 Å². The second-order valence-corrected chi connectivity index (χ2v) is 4.47. The SMILES string of the molecule is Cc1nc2ccnn2c(NCc2ccccc2)c1C#N. The maximum Gasteiger partial charge on any atom is 0.157 e. The second-order valence-electron chi connectivity index (χ2n) is 4.47. The summed E-state index contributed by atoms with van der Waals surface area (Å²) >= 11 is 0. The number of nitrogens with one attached hydrogen (secondary N) is 1. The number of hydrogen-bond donors (Lipinski definition) is 1. The van der Waals surface area contributed by atoms with Crippen LogP contribution >= 0.6 is 0 Å². The first kappa shape index (κ1) is 12.2. The van der Waals surface area contributed by atoms with Gasteiger partial charge in [0.25, 0.3) is 0 Å². The summed E-state index contributed by atoms with van der Waals surface area (Å²) in [6.07, 6.45) is 1.68. The number of hydrogen-bond acceptors (Lipinski definition) is 4. The van der Waals surface area contributed by atoms with Gasteiger partial charge in [0.05, 0.1) is 11.9 Å². The zero-order valence-electron chi connectivity index (χ0n) is 11.0. The second kappa shape index (κ2) is 5.02. The van der Waals surface area contributed by atoms with E-state index < -0.39 is 0 Å². The predicted molar refractivity (Wildman–Crippen MR) is 76.2 cm³/mol. The molecule has 0 saturated heterocycles. The van der Waals surface area contributed by atoms with E-state index in [-0.39, 0.29) is 0 Å². The smallest absolute Gasteiger partial charge is 0.157 e. The molecule has 0 unspecified atom stereocenters. The minimum absolute atomic E-state index is 0.525. The van der Waals surface area contributed by atoms with E-state index in [9.17, 15) is 5.26 Å². The van der Waals surface area contributed by atoms with Crippen molar-refractivity contribution in [1.29, 1.82) is 5.26 Å². The molecule has 0 spiro atoms. The van der Waals surface area contributed by atoms with Gasteiger partial charge in [0, 0.05) is 12.6 Å². The van der Waals surface area contributed by atoms with E-state index in [0.29, 0.717) is 23.6 Å². The predicted octanol–water partition coefficient (Wildman–Crippen LogP) is 2.52. The van der Waals surface area contributed by atoms with Gasteiger partial charge in [-0.3, -0.25) is 0 Å². The Balaban J connectivity index is 2.01. The van der Waals surface area contributed by atoms with Gasteiger partial charge >= 0.3 is 0 Å². The molecular weight excluding hydrogens is 250 g/mol. The molecule has 5 nitrogen and oxygen atoms in total. The molecule has 98 valence electrons. The molecule has 2 heterocycles. The lowest BCUT2D eigenvalue weighted by Crippen LogP contribution is -2.09. The van der Waals surface area contributed by atoms with Crippen molar-refractivity contribution < 1.29 is 0 Å². The quantitative estimate of drug-likeness (QED) is 0.788. The Morgan fingerprint density at radius 1 is 1.25 bits per heavy atom. The molecule has 20 heavy (non-hydrogen) atoms. The third-order valence-corrected chi connectivity index (χ3v) is 3.13. The van der Waals surface area contributed by atoms with Gasteiger partial charge in [-0.1, -0.05) is 30.3 Å². The van der Waals surface area contributed by atoms with Crippen molar-refractivity contribution >= 4 is 11.5 Å². The molecule has 0 bridgehead atoms. The van der Waals surface area contributed by atoms with E-state index in [0.717, 1.165) is 11.2 Å². The van der Waals surface area contributed by atoms with Crippen LogP contribution in [0.25, 0.3) is 5.65 Å². The molecule has 2 aromatic heterocycles. The first-order valence-corrected chi connectivity index (χ1v) is 6.32. The summed E-state index contributed by atoms with van der Waals surface area (Å²) in [6.45, 7) is 2.47. The minimum atomic E-state index is 0.525. The van der Waals surface area contributed by atoms with Gasteiger partial charge in [-0.25, -0.2) is 4.98 Å². The molecule has 0 aliphatic carbocycles. The summed E-state index contributed by atoms with van der Waals surface area (Å²) < 4.78 is 1.66. The lowest BCUT2D eigenvalue weighted by molar-refractivity contribution is 0.911. The molecule has 0 radical (unpaired) electrons. The summed E-state index contributed by atoms with van der Waals surface area (Å²) in [5, 5.41) is 16.8. The van der Waals surface area contributed by atoms with Gasteiger partial charge in [0.1, 0.15) is 17.5 Å². The van der Waals surface area contributed by atoms with Crippen molar-refractivity contribution in [2.75, 3.05) is 5.32 Å². The van der Waals surface area contributed by atoms with Crippen LogP contribution in [0.2, 0.25) is 0 Å². The van der Waals surface area contributed by atoms with E-state index in [1.54, 1.807) is 10.7 Å². The van der Waals surface area contributed by atoms with Gasteiger partial charge in [0.15, 0.2) is 5.65 Å². The Labute approximate surface area is 116 Å². The number of fused-ring (bicyclic) bond motifs is 1. The lowest BCUT2D eigenvalue weighted by atomic mass is 10.2. The fraction of sp³-hybridized carbons (Fsp3) is 0.133. The number of anilines is 1. The highest BCUT2D eigenvalue weighted by Crippen LogP contribution is 2.19. The zero-order valence-corrected chi connectivity index (χ0v) is 11.0. The van der Waals surface area contributed by atoms with Crippen LogP contribution in [0.4, 0.5) is 5.82 Å². The molecular formula is C15H13N5. The normalized spacial score (nSPS) is 10.4. The van der Waals surface area contributed by atoms with Crippen molar-refractivity contribution in [3.8, 4) is 6.07 Å². The number of benzene rings is 1. The van der Waals surface area contributed by atoms with Gasteiger partial charge in [-0.2, -0.15) is 14.9 Å². The molecule has 0 fully saturated rings. The summed E-state index contributed by atoms with van der Waals surface area (Å²) in [7, 11) is 0. The summed E-state index contributed by atoms with van der Waals surface area (Å²) in [4.78, 5) is 4.36.